The summed E-state index contributed by atoms with van der Waals surface area (Å²) in [7, 11) is 1.60. The molecule has 0 aliphatic carbocycles. The van der Waals surface area contributed by atoms with Gasteiger partial charge in [0.15, 0.2) is 5.60 Å². The molecule has 5 aromatic carbocycles. The van der Waals surface area contributed by atoms with Gasteiger partial charge in [-0.3, -0.25) is 9.59 Å². The number of carbonyl (C=O) groups excluding carboxylic acids is 3. The summed E-state index contributed by atoms with van der Waals surface area (Å²) in [5, 5.41) is 4.36. The van der Waals surface area contributed by atoms with Crippen LogP contribution in [0, 0.1) is 0 Å². The van der Waals surface area contributed by atoms with E-state index >= 15 is 4.79 Å². The van der Waals surface area contributed by atoms with Crippen LogP contribution in [-0.2, 0) is 48.1 Å². The van der Waals surface area contributed by atoms with Crippen LogP contribution in [-0.4, -0.2) is 46.7 Å². The van der Waals surface area contributed by atoms with E-state index in [0.717, 1.165) is 27.8 Å². The first-order chi connectivity index (χ1) is 25.4. The number of ether oxygens (including phenoxy) is 3. The topological polar surface area (TPSA) is 94.2 Å². The molecule has 2 amide bonds. The fourth-order valence-corrected chi connectivity index (χ4v) is 9.86. The maximum absolute atomic E-state index is 15.5. The van der Waals surface area contributed by atoms with Crippen molar-refractivity contribution in [3.8, 4) is 5.75 Å². The smallest absolute Gasteiger partial charge is 0.340 e. The van der Waals surface area contributed by atoms with E-state index in [-0.39, 0.29) is 24.8 Å². The Hall–Kier alpha value is -5.64. The number of β-lactam (4-membered cyclic amide) rings is 1. The lowest BCUT2D eigenvalue weighted by atomic mass is 9.57. The number of fused-ring (bicyclic) bond motifs is 10. The maximum Gasteiger partial charge on any atom is 0.340 e. The third kappa shape index (κ3) is 4.36. The molecule has 1 unspecified atom stereocenters. The van der Waals surface area contributed by atoms with Gasteiger partial charge in [0.1, 0.15) is 29.4 Å². The first-order valence-corrected chi connectivity index (χ1v) is 18.1. The highest BCUT2D eigenvalue weighted by molar-refractivity contribution is 8.03. The van der Waals surface area contributed by atoms with Gasteiger partial charge in [-0.1, -0.05) is 127 Å². The number of hydrogen-bond donors (Lipinski definition) is 1. The molecule has 5 aromatic rings. The van der Waals surface area contributed by atoms with Crippen LogP contribution in [0.3, 0.4) is 0 Å². The van der Waals surface area contributed by atoms with Gasteiger partial charge in [-0.05, 0) is 50.9 Å². The standard InChI is InChI=1S/C43H34N2O6S/c1-49-32-23-21-29(22-24-32)26-50-40(48)42-35(27-52-39-37(38(47)45(39)42)44-36(46)25-28-13-5-2-6-14-28)41(30-15-7-3-8-16-30)33-19-11-12-20-34(33)43(42,51-41)31-17-9-4-10-18-31/h2-24,27,37,39H,25-26H2,1H3,(H,44,46)/t37-,39-,41+,42?,43-/m1/s1. The first kappa shape index (κ1) is 32.3. The van der Waals surface area contributed by atoms with Crippen LogP contribution in [0.15, 0.2) is 151 Å². The number of rotatable bonds is 9. The molecule has 2 bridgehead atoms. The van der Waals surface area contributed by atoms with Gasteiger partial charge >= 0.3 is 5.97 Å². The number of esters is 1. The Morgan fingerprint density at radius 2 is 1.38 bits per heavy atom. The monoisotopic (exact) mass is 706 g/mol. The summed E-state index contributed by atoms with van der Waals surface area (Å²) < 4.78 is 19.2. The summed E-state index contributed by atoms with van der Waals surface area (Å²) in [6.07, 6.45) is 0.125. The van der Waals surface area contributed by atoms with Gasteiger partial charge in [0.25, 0.3) is 5.91 Å². The van der Waals surface area contributed by atoms with Crippen molar-refractivity contribution in [3.63, 3.8) is 0 Å². The molecule has 4 aliphatic heterocycles. The van der Waals surface area contributed by atoms with Gasteiger partial charge in [0.2, 0.25) is 11.4 Å². The summed E-state index contributed by atoms with van der Waals surface area (Å²) in [4.78, 5) is 45.3. The Morgan fingerprint density at radius 3 is 2.06 bits per heavy atom. The molecule has 8 nitrogen and oxygen atoms in total. The molecule has 2 saturated heterocycles. The molecule has 2 fully saturated rings. The van der Waals surface area contributed by atoms with Crippen LogP contribution in [0.25, 0.3) is 0 Å². The van der Waals surface area contributed by atoms with Crippen LogP contribution in [0.5, 0.6) is 5.75 Å². The first-order valence-electron chi connectivity index (χ1n) is 17.2. The summed E-state index contributed by atoms with van der Waals surface area (Å²) in [6.45, 7) is -0.0419. The van der Waals surface area contributed by atoms with Crippen molar-refractivity contribution >= 4 is 29.5 Å². The van der Waals surface area contributed by atoms with E-state index in [4.69, 9.17) is 14.2 Å². The van der Waals surface area contributed by atoms with E-state index in [0.29, 0.717) is 16.9 Å². The van der Waals surface area contributed by atoms with E-state index in [9.17, 15) is 9.59 Å². The number of nitrogens with one attached hydrogen (secondary N) is 1. The molecule has 0 radical (unpaired) electrons. The Morgan fingerprint density at radius 1 is 0.769 bits per heavy atom. The number of hydrogen-bond acceptors (Lipinski definition) is 7. The Kier molecular flexibility index (Phi) is 7.60. The molecule has 9 heteroatoms. The van der Waals surface area contributed by atoms with Crippen LogP contribution < -0.4 is 10.1 Å². The normalized spacial score (nSPS) is 26.3. The van der Waals surface area contributed by atoms with E-state index in [1.54, 1.807) is 12.0 Å². The van der Waals surface area contributed by atoms with Crippen molar-refractivity contribution in [3.05, 3.63) is 184 Å². The second-order valence-electron chi connectivity index (χ2n) is 13.4. The Labute approximate surface area is 305 Å². The average Bonchev–Trinajstić information content (AvgIpc) is 3.67. The van der Waals surface area contributed by atoms with Crippen LogP contribution in [0.1, 0.15) is 33.4 Å². The third-order valence-electron chi connectivity index (χ3n) is 10.7. The lowest BCUT2D eigenvalue weighted by molar-refractivity contribution is -0.187. The van der Waals surface area contributed by atoms with Crippen molar-refractivity contribution in [2.75, 3.05) is 7.11 Å². The van der Waals surface area contributed by atoms with E-state index in [1.165, 1.54) is 11.8 Å². The molecule has 52 heavy (non-hydrogen) atoms. The van der Waals surface area contributed by atoms with Crippen LogP contribution >= 0.6 is 11.8 Å². The third-order valence-corrected chi connectivity index (χ3v) is 11.8. The zero-order chi connectivity index (χ0) is 35.5. The molecule has 0 spiro atoms. The number of benzene rings is 5. The van der Waals surface area contributed by atoms with Crippen molar-refractivity contribution in [2.45, 2.75) is 41.2 Å². The van der Waals surface area contributed by atoms with E-state index in [1.807, 2.05) is 145 Å². The number of thioether (sulfide) groups is 1. The number of carbonyl (C=O) groups is 3. The van der Waals surface area contributed by atoms with Crippen LogP contribution in [0.4, 0.5) is 0 Å². The van der Waals surface area contributed by atoms with Gasteiger partial charge in [-0.2, -0.15) is 0 Å². The number of methoxy groups -OCH3 is 1. The molecule has 1 N–H and O–H groups in total. The predicted octanol–water partition coefficient (Wildman–Crippen LogP) is 6.23. The quantitative estimate of drug-likeness (QED) is 0.143. The molecule has 9 rings (SSSR count). The van der Waals surface area contributed by atoms with E-state index in [2.05, 4.69) is 5.32 Å². The Bertz CT molecular complexity index is 2230. The summed E-state index contributed by atoms with van der Waals surface area (Å²) in [6, 6.07) is 43.3. The minimum absolute atomic E-state index is 0.0419. The Balaban J connectivity index is 1.22. The second-order valence-corrected chi connectivity index (χ2v) is 14.3. The summed E-state index contributed by atoms with van der Waals surface area (Å²) in [5.41, 5.74) is 0.922. The van der Waals surface area contributed by atoms with Crippen molar-refractivity contribution in [2.24, 2.45) is 0 Å². The number of amides is 2. The zero-order valence-electron chi connectivity index (χ0n) is 28.2. The van der Waals surface area contributed by atoms with Crippen molar-refractivity contribution < 1.29 is 28.6 Å². The minimum Gasteiger partial charge on any atom is -0.497 e. The lowest BCUT2D eigenvalue weighted by Gasteiger charge is -2.61. The van der Waals surface area contributed by atoms with Crippen molar-refractivity contribution in [1.82, 2.24) is 10.2 Å². The minimum atomic E-state index is -1.77. The van der Waals surface area contributed by atoms with Gasteiger partial charge in [-0.15, -0.1) is 11.8 Å². The molecule has 5 atom stereocenters. The molecule has 4 aliphatic rings. The molecule has 0 aromatic heterocycles. The zero-order valence-corrected chi connectivity index (χ0v) is 29.0. The summed E-state index contributed by atoms with van der Waals surface area (Å²) >= 11 is 1.41. The molecule has 258 valence electrons. The predicted molar refractivity (Wildman–Crippen MR) is 196 cm³/mol. The van der Waals surface area contributed by atoms with Gasteiger partial charge < -0.3 is 24.4 Å². The van der Waals surface area contributed by atoms with Gasteiger partial charge in [0, 0.05) is 5.57 Å². The highest BCUT2D eigenvalue weighted by Gasteiger charge is 2.85. The fourth-order valence-electron chi connectivity index (χ4n) is 8.52. The number of nitrogens with zero attached hydrogens (tertiary/aromatic N) is 1. The molecular formula is C43H34N2O6S. The average molecular weight is 707 g/mol. The summed E-state index contributed by atoms with van der Waals surface area (Å²) in [5.74, 6) is -0.580. The molecule has 4 heterocycles. The van der Waals surface area contributed by atoms with Crippen LogP contribution in [0.2, 0.25) is 0 Å². The highest BCUT2D eigenvalue weighted by atomic mass is 32.2. The van der Waals surface area contributed by atoms with Gasteiger partial charge in [-0.25, -0.2) is 4.79 Å². The lowest BCUT2D eigenvalue weighted by Crippen LogP contribution is -2.82. The maximum atomic E-state index is 15.5. The van der Waals surface area contributed by atoms with E-state index < -0.39 is 34.1 Å². The largest absolute Gasteiger partial charge is 0.497 e. The molecule has 0 saturated carbocycles. The van der Waals surface area contributed by atoms with Crippen molar-refractivity contribution in [1.29, 1.82) is 0 Å². The molecular weight excluding hydrogens is 673 g/mol. The fraction of sp³-hybridized carbons (Fsp3) is 0.186. The SMILES string of the molecule is COc1ccc(COC(=O)C23C(=CS[C@@H]4[C@H](NC(=O)Cc5ccccc5)C(=O)N42)[C@@]2(c4ccccc4)O[C@]3(c3ccccc3)c3ccccc32)cc1. The second kappa shape index (κ2) is 12.3. The van der Waals surface area contributed by atoms with Gasteiger partial charge in [0.05, 0.1) is 13.5 Å². The highest BCUT2D eigenvalue weighted by Crippen LogP contribution is 2.74.